The Morgan fingerprint density at radius 3 is 2.63 bits per heavy atom. The second-order valence-corrected chi connectivity index (χ2v) is 8.44. The van der Waals surface area contributed by atoms with Gasteiger partial charge in [0, 0.05) is 52.1 Å². The Bertz CT molecular complexity index is 1050. The second kappa shape index (κ2) is 11.1. The lowest BCUT2D eigenvalue weighted by atomic mass is 10.1. The second-order valence-electron chi connectivity index (χ2n) is 8.44. The van der Waals surface area contributed by atoms with Crippen molar-refractivity contribution in [2.75, 3.05) is 50.1 Å². The normalized spacial score (nSPS) is 16.4. The van der Waals surface area contributed by atoms with Crippen LogP contribution in [0.1, 0.15) is 24.2 Å². The maximum absolute atomic E-state index is 13.9. The Morgan fingerprint density at radius 2 is 1.94 bits per heavy atom. The van der Waals surface area contributed by atoms with Gasteiger partial charge in [-0.3, -0.25) is 4.79 Å². The van der Waals surface area contributed by atoms with Crippen LogP contribution < -0.4 is 15.0 Å². The molecule has 1 saturated heterocycles. The number of carbonyl (C=O) groups excluding carboxylic acids is 1. The molecule has 2 aliphatic heterocycles. The Kier molecular flexibility index (Phi) is 7.89. The molecule has 0 bridgehead atoms. The number of aromatic nitrogens is 2. The number of fused-ring (bicyclic) bond motifs is 1. The van der Waals surface area contributed by atoms with E-state index in [9.17, 15) is 22.4 Å². The molecule has 12 heteroatoms. The molecule has 1 amide bonds. The van der Waals surface area contributed by atoms with Crippen molar-refractivity contribution in [1.29, 1.82) is 0 Å². The largest absolute Gasteiger partial charge is 0.487 e. The van der Waals surface area contributed by atoms with Crippen LogP contribution in [0.3, 0.4) is 0 Å². The number of methoxy groups -OCH3 is 1. The van der Waals surface area contributed by atoms with Gasteiger partial charge >= 0.3 is 0 Å². The number of benzene rings is 1. The van der Waals surface area contributed by atoms with E-state index in [0.717, 1.165) is 12.1 Å². The van der Waals surface area contributed by atoms with Crippen LogP contribution in [0.4, 0.5) is 29.2 Å². The van der Waals surface area contributed by atoms with Gasteiger partial charge in [0.2, 0.25) is 5.91 Å². The monoisotopic (exact) mass is 497 g/mol. The quantitative estimate of drug-likeness (QED) is 0.562. The number of ether oxygens (including phenoxy) is 2. The molecule has 0 radical (unpaired) electrons. The summed E-state index contributed by atoms with van der Waals surface area (Å²) in [6.07, 6.45) is -1.37. The maximum Gasteiger partial charge on any atom is 0.255 e. The SMILES string of the molecule is COCC(=O)N1CCc2nc(NCC(F)F)c(N3CCC(Oc4ccc(F)cc4F)CC3)nc2C1. The molecular weight excluding hydrogens is 470 g/mol. The van der Waals surface area contributed by atoms with Crippen molar-refractivity contribution < 1.29 is 31.8 Å². The number of rotatable bonds is 8. The molecule has 0 aliphatic carbocycles. The number of nitrogens with zero attached hydrogens (tertiary/aromatic N) is 4. The van der Waals surface area contributed by atoms with Crippen molar-refractivity contribution in [3.63, 3.8) is 0 Å². The number of hydrogen-bond acceptors (Lipinski definition) is 7. The van der Waals surface area contributed by atoms with E-state index in [-0.39, 0.29) is 36.7 Å². The zero-order valence-corrected chi connectivity index (χ0v) is 19.3. The van der Waals surface area contributed by atoms with Gasteiger partial charge in [-0.05, 0) is 12.1 Å². The Balaban J connectivity index is 1.49. The van der Waals surface area contributed by atoms with E-state index in [2.05, 4.69) is 10.3 Å². The van der Waals surface area contributed by atoms with Crippen molar-refractivity contribution in [3.8, 4) is 5.75 Å². The molecule has 35 heavy (non-hydrogen) atoms. The van der Waals surface area contributed by atoms with E-state index < -0.39 is 24.6 Å². The van der Waals surface area contributed by atoms with Crippen LogP contribution in [0, 0.1) is 11.6 Å². The number of piperidine rings is 1. The van der Waals surface area contributed by atoms with Crippen molar-refractivity contribution in [2.45, 2.75) is 38.3 Å². The molecule has 1 aromatic carbocycles. The molecular formula is C23H27F4N5O3. The van der Waals surface area contributed by atoms with Gasteiger partial charge in [0.15, 0.2) is 23.2 Å². The van der Waals surface area contributed by atoms with Crippen LogP contribution in [0.5, 0.6) is 5.75 Å². The predicted molar refractivity (Wildman–Crippen MR) is 120 cm³/mol. The number of alkyl halides is 2. The molecule has 0 saturated carbocycles. The molecule has 0 atom stereocenters. The lowest BCUT2D eigenvalue weighted by Gasteiger charge is -2.35. The zero-order chi connectivity index (χ0) is 24.9. The predicted octanol–water partition coefficient (Wildman–Crippen LogP) is 3.01. The number of amides is 1. The Morgan fingerprint density at radius 1 is 1.17 bits per heavy atom. The topological polar surface area (TPSA) is 79.8 Å². The lowest BCUT2D eigenvalue weighted by Crippen LogP contribution is -2.41. The number of nitrogens with one attached hydrogen (secondary N) is 1. The summed E-state index contributed by atoms with van der Waals surface area (Å²) in [4.78, 5) is 25.1. The molecule has 2 aromatic rings. The van der Waals surface area contributed by atoms with Crippen molar-refractivity contribution >= 4 is 17.5 Å². The Labute approximate surface area is 200 Å². The highest BCUT2D eigenvalue weighted by molar-refractivity contribution is 5.77. The summed E-state index contributed by atoms with van der Waals surface area (Å²) < 4.78 is 63.6. The van der Waals surface area contributed by atoms with Crippen molar-refractivity contribution in [2.24, 2.45) is 0 Å². The first-order valence-electron chi connectivity index (χ1n) is 11.4. The van der Waals surface area contributed by atoms with Crippen molar-refractivity contribution in [3.05, 3.63) is 41.2 Å². The van der Waals surface area contributed by atoms with Crippen LogP contribution in [0.2, 0.25) is 0 Å². The molecule has 2 aliphatic rings. The summed E-state index contributed by atoms with van der Waals surface area (Å²) in [6.45, 7) is 1.04. The summed E-state index contributed by atoms with van der Waals surface area (Å²) in [6, 6.07) is 3.17. The molecule has 3 heterocycles. The zero-order valence-electron chi connectivity index (χ0n) is 19.3. The molecule has 1 aromatic heterocycles. The number of hydrogen-bond donors (Lipinski definition) is 1. The summed E-state index contributed by atoms with van der Waals surface area (Å²) in [5.41, 5.74) is 1.28. The minimum atomic E-state index is -2.56. The third-order valence-electron chi connectivity index (χ3n) is 5.97. The lowest BCUT2D eigenvalue weighted by molar-refractivity contribution is -0.136. The van der Waals surface area contributed by atoms with E-state index >= 15 is 0 Å². The van der Waals surface area contributed by atoms with Gasteiger partial charge in [-0.2, -0.15) is 0 Å². The molecule has 190 valence electrons. The van der Waals surface area contributed by atoms with E-state index in [1.165, 1.54) is 13.2 Å². The fourth-order valence-electron chi connectivity index (χ4n) is 4.20. The summed E-state index contributed by atoms with van der Waals surface area (Å²) in [5, 5.41) is 2.70. The summed E-state index contributed by atoms with van der Waals surface area (Å²) >= 11 is 0. The third-order valence-corrected chi connectivity index (χ3v) is 5.97. The molecule has 4 rings (SSSR count). The van der Waals surface area contributed by atoms with Gasteiger partial charge in [-0.25, -0.2) is 27.5 Å². The van der Waals surface area contributed by atoms with Gasteiger partial charge in [0.1, 0.15) is 18.5 Å². The fraction of sp³-hybridized carbons (Fsp3) is 0.522. The summed E-state index contributed by atoms with van der Waals surface area (Å²) in [7, 11) is 1.45. The molecule has 1 fully saturated rings. The minimum Gasteiger partial charge on any atom is -0.487 e. The first-order chi connectivity index (χ1) is 16.8. The maximum atomic E-state index is 13.9. The minimum absolute atomic E-state index is 0.0153. The number of anilines is 2. The van der Waals surface area contributed by atoms with Gasteiger partial charge in [-0.15, -0.1) is 0 Å². The first kappa shape index (κ1) is 25.0. The van der Waals surface area contributed by atoms with E-state index in [0.29, 0.717) is 56.1 Å². The molecule has 8 nitrogen and oxygen atoms in total. The average Bonchev–Trinajstić information content (AvgIpc) is 2.84. The van der Waals surface area contributed by atoms with Crippen LogP contribution >= 0.6 is 0 Å². The van der Waals surface area contributed by atoms with Crippen LogP contribution in [0.15, 0.2) is 18.2 Å². The number of carbonyl (C=O) groups is 1. The first-order valence-corrected chi connectivity index (χ1v) is 11.4. The van der Waals surface area contributed by atoms with E-state index in [1.54, 1.807) is 4.90 Å². The Hall–Kier alpha value is -3.15. The fourth-order valence-corrected chi connectivity index (χ4v) is 4.20. The molecule has 0 unspecified atom stereocenters. The van der Waals surface area contributed by atoms with Crippen LogP contribution in [-0.2, 0) is 22.5 Å². The highest BCUT2D eigenvalue weighted by atomic mass is 19.3. The van der Waals surface area contributed by atoms with Crippen molar-refractivity contribution in [1.82, 2.24) is 14.9 Å². The highest BCUT2D eigenvalue weighted by Gasteiger charge is 2.29. The van der Waals surface area contributed by atoms with E-state index in [1.807, 2.05) is 4.90 Å². The van der Waals surface area contributed by atoms with Crippen LogP contribution in [0.25, 0.3) is 0 Å². The molecule has 1 N–H and O–H groups in total. The third kappa shape index (κ3) is 6.11. The average molecular weight is 497 g/mol. The van der Waals surface area contributed by atoms with Gasteiger partial charge < -0.3 is 24.6 Å². The van der Waals surface area contributed by atoms with Gasteiger partial charge in [-0.1, -0.05) is 0 Å². The van der Waals surface area contributed by atoms with Crippen LogP contribution in [-0.4, -0.2) is 73.2 Å². The smallest absolute Gasteiger partial charge is 0.255 e. The number of halogens is 4. The highest BCUT2D eigenvalue weighted by Crippen LogP contribution is 2.30. The molecule has 0 spiro atoms. The van der Waals surface area contributed by atoms with E-state index in [4.69, 9.17) is 14.5 Å². The summed E-state index contributed by atoms with van der Waals surface area (Å²) in [5.74, 6) is -0.923. The standard InChI is InChI=1S/C23H27F4N5O3/c1-34-13-21(33)32-9-6-17-18(12-32)30-23(22(29-17)28-11-20(26)27)31-7-4-15(5-8-31)35-19-3-2-14(24)10-16(19)25/h2-3,10,15,20H,4-9,11-13H2,1H3,(H,28,29). The van der Waals surface area contributed by atoms with Gasteiger partial charge in [0.05, 0.1) is 24.5 Å². The van der Waals surface area contributed by atoms with Gasteiger partial charge in [0.25, 0.3) is 6.43 Å².